The summed E-state index contributed by atoms with van der Waals surface area (Å²) in [5, 5.41) is 28.0. The number of fused-ring (bicyclic) bond motifs is 5. The molecule has 0 bridgehead atoms. The highest BCUT2D eigenvalue weighted by molar-refractivity contribution is 6.74. The van der Waals surface area contributed by atoms with E-state index in [9.17, 15) is 10.2 Å². The van der Waals surface area contributed by atoms with Crippen molar-refractivity contribution in [2.75, 3.05) is 14.1 Å². The highest BCUT2D eigenvalue weighted by Crippen LogP contribution is 2.59. The number of carbonyl (C=O) groups excluding carboxylic acids is 2. The molecule has 8 rings (SSSR count). The lowest BCUT2D eigenvalue weighted by molar-refractivity contribution is -0.140. The first-order chi connectivity index (χ1) is 26.6. The van der Waals surface area contributed by atoms with Gasteiger partial charge < -0.3 is 23.9 Å². The van der Waals surface area contributed by atoms with Gasteiger partial charge in [0.15, 0.2) is 19.7 Å². The Hall–Kier alpha value is -4.87. The van der Waals surface area contributed by atoms with Crippen molar-refractivity contribution in [2.24, 2.45) is 11.8 Å². The zero-order valence-electron chi connectivity index (χ0n) is 33.4. The predicted octanol–water partition coefficient (Wildman–Crippen LogP) is 9.16. The molecule has 1 fully saturated rings. The summed E-state index contributed by atoms with van der Waals surface area (Å²) in [6.07, 6.45) is 0.936. The van der Waals surface area contributed by atoms with Crippen molar-refractivity contribution >= 4 is 36.4 Å². The minimum atomic E-state index is -2.86. The Bertz CT molecular complexity index is 2410. The van der Waals surface area contributed by atoms with E-state index in [-0.39, 0.29) is 46.9 Å². The van der Waals surface area contributed by atoms with Gasteiger partial charge in [-0.25, -0.2) is 0 Å². The number of aryl methyl sites for hydroxylation is 1. The average molecular weight is 771 g/mol. The van der Waals surface area contributed by atoms with E-state index in [1.807, 2.05) is 80.5 Å². The van der Waals surface area contributed by atoms with E-state index in [0.29, 0.717) is 24.2 Å². The van der Waals surface area contributed by atoms with Crippen molar-refractivity contribution < 1.29 is 33.5 Å². The molecule has 5 aromatic rings. The Morgan fingerprint density at radius 2 is 1.62 bits per heavy atom. The van der Waals surface area contributed by atoms with Gasteiger partial charge in [0, 0.05) is 17.1 Å². The summed E-state index contributed by atoms with van der Waals surface area (Å²) >= 11 is 0. The number of nitrogens with zero attached hydrogens (tertiary/aromatic N) is 2. The van der Waals surface area contributed by atoms with Gasteiger partial charge in [-0.2, -0.15) is 0 Å². The van der Waals surface area contributed by atoms with Crippen LogP contribution in [0.15, 0.2) is 89.0 Å². The highest BCUT2D eigenvalue weighted by atomic mass is 28.4. The van der Waals surface area contributed by atoms with Gasteiger partial charge in [-0.3, -0.25) is 14.5 Å². The van der Waals surface area contributed by atoms with Crippen molar-refractivity contribution in [2.45, 2.75) is 83.5 Å². The smallest absolute Gasteiger partial charge is 0.265 e. The fourth-order valence-corrected chi connectivity index (χ4v) is 10.4. The first-order valence-corrected chi connectivity index (χ1v) is 22.3. The van der Waals surface area contributed by atoms with E-state index >= 15 is 9.59 Å². The van der Waals surface area contributed by atoms with Crippen LogP contribution in [0.4, 0.5) is 0 Å². The van der Waals surface area contributed by atoms with Gasteiger partial charge in [-0.15, -0.1) is 0 Å². The second-order valence-electron chi connectivity index (χ2n) is 17.5. The molecule has 1 saturated carbocycles. The molecule has 0 aliphatic heterocycles. The minimum absolute atomic E-state index is 0.0232. The summed E-state index contributed by atoms with van der Waals surface area (Å²) in [5.74, 6) is -1.67. The van der Waals surface area contributed by atoms with Crippen LogP contribution in [0.25, 0.3) is 27.7 Å². The summed E-state index contributed by atoms with van der Waals surface area (Å²) in [7, 11) is 0.979. The molecular weight excluding hydrogens is 721 g/mol. The second-order valence-corrected chi connectivity index (χ2v) is 22.2. The molecule has 0 unspecified atom stereocenters. The number of aliphatic hydroxyl groups excluding tert-OH is 2. The van der Waals surface area contributed by atoms with Gasteiger partial charge in [-0.1, -0.05) is 93.6 Å². The Morgan fingerprint density at radius 1 is 0.929 bits per heavy atom. The molecule has 9 nitrogen and oxygen atoms in total. The van der Waals surface area contributed by atoms with Gasteiger partial charge >= 0.3 is 0 Å². The third-order valence-corrected chi connectivity index (χ3v) is 17.3. The second kappa shape index (κ2) is 13.7. The molecule has 1 heterocycles. The molecule has 4 atom stereocenters. The zero-order chi connectivity index (χ0) is 39.9. The topological polar surface area (TPSA) is 122 Å². The Morgan fingerprint density at radius 3 is 2.29 bits per heavy atom. The van der Waals surface area contributed by atoms with Gasteiger partial charge in [0.1, 0.15) is 17.9 Å². The van der Waals surface area contributed by atoms with Crippen LogP contribution >= 0.6 is 0 Å². The molecule has 4 aromatic carbocycles. The molecule has 0 saturated heterocycles. The molecular formula is C46H50N2O7Si. The SMILES string of the molecule is Cc1c2c(cc3ccc(-c4ccc(CO)cc4)cc13)C[C@H]1C[C@H]3[C@H](N(C)C)c4onc(OCc5ccccc5)c4C(=O)[C@@]3(O[Si](C)(C)C(C)(C)C)C(=O)C1=C2O. The number of rotatable bonds is 8. The van der Waals surface area contributed by atoms with Crippen molar-refractivity contribution in [3.8, 4) is 17.0 Å². The lowest BCUT2D eigenvalue weighted by Gasteiger charge is -2.55. The van der Waals surface area contributed by atoms with E-state index < -0.39 is 37.4 Å². The number of ketones is 2. The van der Waals surface area contributed by atoms with E-state index in [2.05, 4.69) is 63.3 Å². The van der Waals surface area contributed by atoms with Crippen LogP contribution in [0, 0.1) is 18.8 Å². The van der Waals surface area contributed by atoms with Gasteiger partial charge in [0.25, 0.3) is 5.88 Å². The first kappa shape index (κ1) is 38.0. The number of hydrogen-bond acceptors (Lipinski definition) is 9. The monoisotopic (exact) mass is 770 g/mol. The van der Waals surface area contributed by atoms with Crippen LogP contribution in [-0.4, -0.2) is 59.8 Å². The van der Waals surface area contributed by atoms with Gasteiger partial charge in [0.05, 0.1) is 12.6 Å². The fourth-order valence-electron chi connectivity index (χ4n) is 8.98. The van der Waals surface area contributed by atoms with Crippen LogP contribution in [-0.2, 0) is 28.9 Å². The van der Waals surface area contributed by atoms with Crippen LogP contribution in [0.5, 0.6) is 5.88 Å². The summed E-state index contributed by atoms with van der Waals surface area (Å²) in [6, 6.07) is 25.3. The third-order valence-electron chi connectivity index (χ3n) is 12.9. The molecule has 0 spiro atoms. The maximum Gasteiger partial charge on any atom is 0.265 e. The number of ether oxygens (including phenoxy) is 1. The minimum Gasteiger partial charge on any atom is -0.507 e. The van der Waals surface area contributed by atoms with E-state index in [4.69, 9.17) is 13.7 Å². The normalized spacial score (nSPS) is 22.2. The molecule has 10 heteroatoms. The van der Waals surface area contributed by atoms with Crippen LogP contribution < -0.4 is 4.74 Å². The molecule has 290 valence electrons. The first-order valence-electron chi connectivity index (χ1n) is 19.4. The van der Waals surface area contributed by atoms with Crippen LogP contribution in [0.1, 0.15) is 77.2 Å². The lowest BCUT2D eigenvalue weighted by atomic mass is 9.57. The third kappa shape index (κ3) is 5.88. The quantitative estimate of drug-likeness (QED) is 0.118. The molecule has 56 heavy (non-hydrogen) atoms. The molecule has 0 radical (unpaired) electrons. The predicted molar refractivity (Wildman–Crippen MR) is 219 cm³/mol. The average Bonchev–Trinajstić information content (AvgIpc) is 3.58. The zero-order valence-corrected chi connectivity index (χ0v) is 34.4. The number of benzene rings is 4. The standard InChI is InChI=1S/C46H50N2O7Si/c1-26-34-22-30(29-16-14-27(24-49)15-17-29)18-19-31(34)20-32-21-33-23-35-39(48(5)6)41-38(44(47-54-41)53-25-28-12-10-9-11-13-28)43(52)46(35,55-56(7,8)45(2,3)4)42(51)37(33)40(50)36(26)32/h9-20,22,33,35,39,49-50H,21,23-25H2,1-8H3/t33-,35-,39-,46-/m0/s1. The van der Waals surface area contributed by atoms with Crippen molar-refractivity contribution in [1.29, 1.82) is 0 Å². The summed E-state index contributed by atoms with van der Waals surface area (Å²) < 4.78 is 19.5. The van der Waals surface area contributed by atoms with Crippen LogP contribution in [0.3, 0.4) is 0 Å². The van der Waals surface area contributed by atoms with Crippen molar-refractivity contribution in [3.05, 3.63) is 124 Å². The Labute approximate surface area is 329 Å². The summed E-state index contributed by atoms with van der Waals surface area (Å²) in [6.45, 7) is 12.5. The maximum atomic E-state index is 15.7. The van der Waals surface area contributed by atoms with Crippen molar-refractivity contribution in [3.63, 3.8) is 0 Å². The molecule has 3 aliphatic rings. The molecule has 3 aliphatic carbocycles. The van der Waals surface area contributed by atoms with Crippen LogP contribution in [0.2, 0.25) is 18.1 Å². The molecule has 1 aromatic heterocycles. The molecule has 0 amide bonds. The number of aliphatic hydroxyl groups is 2. The largest absolute Gasteiger partial charge is 0.507 e. The fraction of sp³-hybridized carbons (Fsp3) is 0.370. The number of aromatic nitrogens is 1. The lowest BCUT2D eigenvalue weighted by Crippen LogP contribution is -2.68. The number of hydrogen-bond donors (Lipinski definition) is 2. The van der Waals surface area contributed by atoms with Gasteiger partial charge in [-0.05, 0) is 113 Å². The summed E-state index contributed by atoms with van der Waals surface area (Å²) in [4.78, 5) is 33.2. The maximum absolute atomic E-state index is 15.7. The summed E-state index contributed by atoms with van der Waals surface area (Å²) in [5.41, 5.74) is 4.63. The van der Waals surface area contributed by atoms with E-state index in [0.717, 1.165) is 44.2 Å². The number of carbonyl (C=O) groups is 2. The molecule has 2 N–H and O–H groups in total. The Balaban J connectivity index is 1.29. The van der Waals surface area contributed by atoms with Crippen molar-refractivity contribution in [1.82, 2.24) is 10.1 Å². The highest BCUT2D eigenvalue weighted by Gasteiger charge is 2.68. The van der Waals surface area contributed by atoms with E-state index in [1.54, 1.807) is 0 Å². The van der Waals surface area contributed by atoms with Gasteiger partial charge in [0.2, 0.25) is 11.6 Å². The number of Topliss-reactive ketones (excluding diaryl/α,β-unsaturated/α-hetero) is 2. The van der Waals surface area contributed by atoms with E-state index in [1.165, 1.54) is 0 Å². The Kier molecular flexibility index (Phi) is 9.27.